The smallest absolute Gasteiger partial charge is 0.249 e. The third-order valence-corrected chi connectivity index (χ3v) is 12.5. The summed E-state index contributed by atoms with van der Waals surface area (Å²) < 4.78 is 0. The summed E-state index contributed by atoms with van der Waals surface area (Å²) in [6, 6.07) is -0.706. The molecule has 3 atom stereocenters. The van der Waals surface area contributed by atoms with Gasteiger partial charge in [-0.2, -0.15) is 0 Å². The van der Waals surface area contributed by atoms with Crippen molar-refractivity contribution in [2.75, 3.05) is 6.61 Å². The van der Waals surface area contributed by atoms with Gasteiger partial charge in [-0.25, -0.2) is 0 Å². The van der Waals surface area contributed by atoms with Crippen LogP contribution >= 0.6 is 0 Å². The third-order valence-electron chi connectivity index (χ3n) is 12.5. The van der Waals surface area contributed by atoms with Gasteiger partial charge in [0.2, 0.25) is 5.91 Å². The Bertz CT molecular complexity index is 747. The minimum atomic E-state index is -1.07. The lowest BCUT2D eigenvalue weighted by Gasteiger charge is -2.23. The molecule has 1 amide bonds. The second kappa shape index (κ2) is 47.0. The van der Waals surface area contributed by atoms with Gasteiger partial charge in [-0.05, 0) is 12.8 Å². The van der Waals surface area contributed by atoms with Gasteiger partial charge in [-0.3, -0.25) is 4.79 Å². The normalized spacial score (nSPS) is 13.3. The molecule has 0 bridgehead atoms. The zero-order valence-electron chi connectivity index (χ0n) is 38.3. The summed E-state index contributed by atoms with van der Waals surface area (Å²) in [6.45, 7) is 4.27. The van der Waals surface area contributed by atoms with Crippen LogP contribution in [0.25, 0.3) is 0 Å². The molecule has 0 saturated heterocycles. The minimum absolute atomic E-state index is 0.307. The molecule has 0 aliphatic carbocycles. The van der Waals surface area contributed by atoms with E-state index in [2.05, 4.69) is 19.2 Å². The summed E-state index contributed by atoms with van der Waals surface area (Å²) in [6.07, 6.45) is 55.6. The van der Waals surface area contributed by atoms with E-state index < -0.39 is 24.2 Å². The Labute approximate surface area is 351 Å². The van der Waals surface area contributed by atoms with Crippen molar-refractivity contribution in [1.29, 1.82) is 0 Å². The van der Waals surface area contributed by atoms with Crippen LogP contribution in [-0.2, 0) is 4.79 Å². The Kier molecular flexibility index (Phi) is 46.5. The maximum absolute atomic E-state index is 12.5. The molecule has 0 aromatic rings. The Hall–Kier alpha value is -0.650. The second-order valence-electron chi connectivity index (χ2n) is 18.1. The van der Waals surface area contributed by atoms with Gasteiger partial charge >= 0.3 is 0 Å². The van der Waals surface area contributed by atoms with Crippen molar-refractivity contribution in [2.24, 2.45) is 0 Å². The maximum Gasteiger partial charge on any atom is 0.249 e. The average Bonchev–Trinajstić information content (AvgIpc) is 3.20. The van der Waals surface area contributed by atoms with E-state index in [1.54, 1.807) is 0 Å². The van der Waals surface area contributed by atoms with Crippen molar-refractivity contribution in [3.05, 3.63) is 0 Å². The SMILES string of the molecule is CCCCCCCCCCCCCCCCCCCCCCCCCCCC(O)C(=O)NC(CO)C(O)CCCCCCCCCCCCCCCCCCC. The lowest BCUT2D eigenvalue weighted by Crippen LogP contribution is -2.49. The van der Waals surface area contributed by atoms with Gasteiger partial charge in [-0.1, -0.05) is 284 Å². The number of aliphatic hydroxyl groups is 3. The molecule has 0 aromatic carbocycles. The van der Waals surface area contributed by atoms with Crippen LogP contribution in [0.4, 0.5) is 0 Å². The van der Waals surface area contributed by atoms with E-state index in [1.165, 1.54) is 238 Å². The molecule has 0 fully saturated rings. The molecule has 5 nitrogen and oxygen atoms in total. The van der Waals surface area contributed by atoms with Gasteiger partial charge in [0.05, 0.1) is 18.8 Å². The van der Waals surface area contributed by atoms with Crippen LogP contribution in [0.5, 0.6) is 0 Å². The van der Waals surface area contributed by atoms with Gasteiger partial charge in [-0.15, -0.1) is 0 Å². The molecule has 0 aliphatic heterocycles. The fraction of sp³-hybridized carbons (Fsp3) is 0.980. The van der Waals surface area contributed by atoms with Crippen molar-refractivity contribution in [3.63, 3.8) is 0 Å². The van der Waals surface area contributed by atoms with E-state index in [1.807, 2.05) is 0 Å². The topological polar surface area (TPSA) is 89.8 Å². The molecule has 5 heteroatoms. The number of nitrogens with one attached hydrogen (secondary N) is 1. The molecule has 4 N–H and O–H groups in total. The van der Waals surface area contributed by atoms with E-state index in [9.17, 15) is 20.1 Å². The highest BCUT2D eigenvalue weighted by atomic mass is 16.3. The summed E-state index contributed by atoms with van der Waals surface area (Å²) in [5.41, 5.74) is 0. The van der Waals surface area contributed by atoms with Crippen LogP contribution in [0.1, 0.15) is 296 Å². The Morgan fingerprint density at radius 1 is 0.357 bits per heavy atom. The Morgan fingerprint density at radius 2 is 0.571 bits per heavy atom. The molecule has 0 radical (unpaired) electrons. The molecule has 0 aromatic heterocycles. The van der Waals surface area contributed by atoms with Gasteiger partial charge in [0.15, 0.2) is 0 Å². The summed E-state index contributed by atoms with van der Waals surface area (Å²) in [5.74, 6) is -0.463. The number of rotatable bonds is 48. The third kappa shape index (κ3) is 41.5. The minimum Gasteiger partial charge on any atom is -0.394 e. The summed E-state index contributed by atoms with van der Waals surface area (Å²) in [7, 11) is 0. The van der Waals surface area contributed by atoms with Crippen LogP contribution in [-0.4, -0.2) is 46.1 Å². The predicted octanol–water partition coefficient (Wildman–Crippen LogP) is 15.4. The van der Waals surface area contributed by atoms with Crippen LogP contribution in [0, 0.1) is 0 Å². The van der Waals surface area contributed by atoms with Crippen LogP contribution in [0.15, 0.2) is 0 Å². The molecular formula is C51H103NO4. The lowest BCUT2D eigenvalue weighted by molar-refractivity contribution is -0.131. The first-order valence-electron chi connectivity index (χ1n) is 25.8. The number of amides is 1. The Morgan fingerprint density at radius 3 is 0.804 bits per heavy atom. The van der Waals surface area contributed by atoms with Gasteiger partial charge in [0, 0.05) is 0 Å². The number of hydrogen-bond acceptors (Lipinski definition) is 4. The number of carbonyl (C=O) groups is 1. The Balaban J connectivity index is 3.51. The molecule has 3 unspecified atom stereocenters. The monoisotopic (exact) mass is 794 g/mol. The first-order valence-corrected chi connectivity index (χ1v) is 25.8. The van der Waals surface area contributed by atoms with Gasteiger partial charge in [0.25, 0.3) is 0 Å². The highest BCUT2D eigenvalue weighted by Crippen LogP contribution is 2.18. The largest absolute Gasteiger partial charge is 0.394 e. The number of hydrogen-bond donors (Lipinski definition) is 4. The standard InChI is InChI=1S/C51H103NO4/c1-3-5-7-9-11-13-15-17-19-21-22-23-24-25-26-27-28-30-32-34-36-38-40-42-44-46-50(55)51(56)52-48(47-53)49(54)45-43-41-39-37-35-33-31-29-20-18-16-14-12-10-8-6-4-2/h48-50,53-55H,3-47H2,1-2H3,(H,52,56). The van der Waals surface area contributed by atoms with E-state index in [4.69, 9.17) is 0 Å². The lowest BCUT2D eigenvalue weighted by atomic mass is 10.0. The zero-order valence-corrected chi connectivity index (χ0v) is 38.3. The van der Waals surface area contributed by atoms with Gasteiger partial charge < -0.3 is 20.6 Å². The number of aliphatic hydroxyl groups excluding tert-OH is 3. The highest BCUT2D eigenvalue weighted by Gasteiger charge is 2.23. The fourth-order valence-corrected chi connectivity index (χ4v) is 8.43. The zero-order chi connectivity index (χ0) is 40.8. The van der Waals surface area contributed by atoms with E-state index in [0.29, 0.717) is 12.8 Å². The van der Waals surface area contributed by atoms with E-state index in [-0.39, 0.29) is 6.61 Å². The van der Waals surface area contributed by atoms with Crippen molar-refractivity contribution in [1.82, 2.24) is 5.32 Å². The second-order valence-corrected chi connectivity index (χ2v) is 18.1. The average molecular weight is 794 g/mol. The molecule has 0 rings (SSSR count). The van der Waals surface area contributed by atoms with Crippen LogP contribution < -0.4 is 5.32 Å². The first-order chi connectivity index (χ1) is 27.6. The summed E-state index contributed by atoms with van der Waals surface area (Å²) in [4.78, 5) is 12.5. The summed E-state index contributed by atoms with van der Waals surface area (Å²) >= 11 is 0. The van der Waals surface area contributed by atoms with Crippen LogP contribution in [0.3, 0.4) is 0 Å². The summed E-state index contributed by atoms with van der Waals surface area (Å²) in [5, 5.41) is 33.5. The molecule has 0 heterocycles. The predicted molar refractivity (Wildman–Crippen MR) is 246 cm³/mol. The van der Waals surface area contributed by atoms with E-state index >= 15 is 0 Å². The fourth-order valence-electron chi connectivity index (χ4n) is 8.43. The molecule has 0 spiro atoms. The van der Waals surface area contributed by atoms with Crippen LogP contribution in [0.2, 0.25) is 0 Å². The van der Waals surface area contributed by atoms with Gasteiger partial charge in [0.1, 0.15) is 6.10 Å². The molecule has 0 aliphatic rings. The maximum atomic E-state index is 12.5. The number of unbranched alkanes of at least 4 members (excludes halogenated alkanes) is 40. The van der Waals surface area contributed by atoms with Crippen molar-refractivity contribution < 1.29 is 20.1 Å². The quantitative estimate of drug-likeness (QED) is 0.0462. The highest BCUT2D eigenvalue weighted by molar-refractivity contribution is 5.80. The molecular weight excluding hydrogens is 691 g/mol. The van der Waals surface area contributed by atoms with E-state index in [0.717, 1.165) is 32.1 Å². The first kappa shape index (κ1) is 55.4. The molecule has 336 valence electrons. The van der Waals surface area contributed by atoms with Crippen molar-refractivity contribution >= 4 is 5.91 Å². The van der Waals surface area contributed by atoms with Crippen molar-refractivity contribution in [3.8, 4) is 0 Å². The molecule has 56 heavy (non-hydrogen) atoms. The molecule has 0 saturated carbocycles. The number of carbonyl (C=O) groups excluding carboxylic acids is 1. The van der Waals surface area contributed by atoms with Crippen molar-refractivity contribution in [2.45, 2.75) is 315 Å².